The minimum atomic E-state index is -0.163. The summed E-state index contributed by atoms with van der Waals surface area (Å²) < 4.78 is 16.2. The molecular formula is C13H23NO3. The predicted molar refractivity (Wildman–Crippen MR) is 66.9 cm³/mol. The number of hydrogen-bond donors (Lipinski definition) is 1. The van der Waals surface area contributed by atoms with Crippen LogP contribution in [0.4, 0.5) is 0 Å². The van der Waals surface area contributed by atoms with E-state index in [0.29, 0.717) is 25.8 Å². The first-order valence-corrected chi connectivity index (χ1v) is 6.25. The quantitative estimate of drug-likeness (QED) is 0.673. The van der Waals surface area contributed by atoms with Gasteiger partial charge in [0.05, 0.1) is 6.26 Å². The van der Waals surface area contributed by atoms with Crippen molar-refractivity contribution in [3.8, 4) is 0 Å². The molecule has 0 aliphatic heterocycles. The Morgan fingerprint density at radius 1 is 1.29 bits per heavy atom. The molecule has 1 N–H and O–H groups in total. The number of furan rings is 1. The smallest absolute Gasteiger partial charge is 0.169 e. The van der Waals surface area contributed by atoms with Crippen LogP contribution in [0, 0.1) is 0 Å². The molecule has 1 aromatic rings. The van der Waals surface area contributed by atoms with E-state index in [4.69, 9.17) is 13.9 Å². The van der Waals surface area contributed by atoms with Gasteiger partial charge in [0.2, 0.25) is 0 Å². The van der Waals surface area contributed by atoms with Gasteiger partial charge in [-0.1, -0.05) is 0 Å². The van der Waals surface area contributed by atoms with Crippen molar-refractivity contribution < 1.29 is 13.9 Å². The average Bonchev–Trinajstić information content (AvgIpc) is 2.79. The summed E-state index contributed by atoms with van der Waals surface area (Å²) in [6.07, 6.45) is 2.41. The van der Waals surface area contributed by atoms with Crippen molar-refractivity contribution in [2.24, 2.45) is 0 Å². The molecule has 1 atom stereocenters. The fourth-order valence-electron chi connectivity index (χ4n) is 1.64. The van der Waals surface area contributed by atoms with Gasteiger partial charge in [-0.25, -0.2) is 0 Å². The SMILES string of the molecule is CCOC(CNC(C)Cc1ccco1)OCC. The van der Waals surface area contributed by atoms with E-state index < -0.39 is 0 Å². The molecule has 17 heavy (non-hydrogen) atoms. The van der Waals surface area contributed by atoms with E-state index in [2.05, 4.69) is 12.2 Å². The van der Waals surface area contributed by atoms with Crippen molar-refractivity contribution in [2.75, 3.05) is 19.8 Å². The number of rotatable bonds is 9. The van der Waals surface area contributed by atoms with Crippen molar-refractivity contribution in [2.45, 2.75) is 39.5 Å². The lowest BCUT2D eigenvalue weighted by Gasteiger charge is -2.20. The molecule has 98 valence electrons. The van der Waals surface area contributed by atoms with Gasteiger partial charge in [0.15, 0.2) is 6.29 Å². The van der Waals surface area contributed by atoms with Crippen LogP contribution in [-0.4, -0.2) is 32.1 Å². The molecular weight excluding hydrogens is 218 g/mol. The highest BCUT2D eigenvalue weighted by atomic mass is 16.7. The van der Waals surface area contributed by atoms with Gasteiger partial charge in [-0.15, -0.1) is 0 Å². The molecule has 1 unspecified atom stereocenters. The summed E-state index contributed by atoms with van der Waals surface area (Å²) >= 11 is 0. The summed E-state index contributed by atoms with van der Waals surface area (Å²) in [5.41, 5.74) is 0. The van der Waals surface area contributed by atoms with Crippen LogP contribution in [0.3, 0.4) is 0 Å². The first kappa shape index (κ1) is 14.2. The number of hydrogen-bond acceptors (Lipinski definition) is 4. The molecule has 0 saturated heterocycles. The van der Waals surface area contributed by atoms with Crippen LogP contribution in [0.5, 0.6) is 0 Å². The summed E-state index contributed by atoms with van der Waals surface area (Å²) in [7, 11) is 0. The van der Waals surface area contributed by atoms with Crippen molar-refractivity contribution >= 4 is 0 Å². The molecule has 0 aliphatic carbocycles. The third-order valence-corrected chi connectivity index (χ3v) is 2.43. The maximum Gasteiger partial charge on any atom is 0.169 e. The molecule has 4 nitrogen and oxygen atoms in total. The highest BCUT2D eigenvalue weighted by Gasteiger charge is 2.10. The molecule has 4 heteroatoms. The van der Waals surface area contributed by atoms with Crippen LogP contribution in [-0.2, 0) is 15.9 Å². The number of nitrogens with one attached hydrogen (secondary N) is 1. The van der Waals surface area contributed by atoms with E-state index in [9.17, 15) is 0 Å². The molecule has 0 aromatic carbocycles. The van der Waals surface area contributed by atoms with Gasteiger partial charge in [0.25, 0.3) is 0 Å². The topological polar surface area (TPSA) is 43.6 Å². The monoisotopic (exact) mass is 241 g/mol. The van der Waals surface area contributed by atoms with Gasteiger partial charge in [0.1, 0.15) is 5.76 Å². The third kappa shape index (κ3) is 5.86. The van der Waals surface area contributed by atoms with Crippen LogP contribution < -0.4 is 5.32 Å². The predicted octanol–water partition coefficient (Wildman–Crippen LogP) is 2.20. The Hall–Kier alpha value is -0.840. The van der Waals surface area contributed by atoms with Gasteiger partial charge < -0.3 is 19.2 Å². The van der Waals surface area contributed by atoms with Crippen molar-refractivity contribution in [3.63, 3.8) is 0 Å². The van der Waals surface area contributed by atoms with Gasteiger partial charge in [-0.2, -0.15) is 0 Å². The van der Waals surface area contributed by atoms with Crippen LogP contribution >= 0.6 is 0 Å². The molecule has 0 spiro atoms. The number of ether oxygens (including phenoxy) is 2. The van der Waals surface area contributed by atoms with Gasteiger partial charge >= 0.3 is 0 Å². The van der Waals surface area contributed by atoms with Crippen molar-refractivity contribution in [1.82, 2.24) is 5.32 Å². The molecule has 1 rings (SSSR count). The maximum atomic E-state index is 5.46. The Balaban J connectivity index is 2.23. The molecule has 0 fully saturated rings. The van der Waals surface area contributed by atoms with E-state index in [1.165, 1.54) is 0 Å². The second-order valence-electron chi connectivity index (χ2n) is 3.93. The van der Waals surface area contributed by atoms with Crippen LogP contribution in [0.1, 0.15) is 26.5 Å². The minimum absolute atomic E-state index is 0.163. The average molecular weight is 241 g/mol. The van der Waals surface area contributed by atoms with Gasteiger partial charge in [-0.05, 0) is 32.9 Å². The zero-order valence-electron chi connectivity index (χ0n) is 10.9. The molecule has 1 aromatic heterocycles. The Bertz CT molecular complexity index is 268. The van der Waals surface area contributed by atoms with Gasteiger partial charge in [-0.3, -0.25) is 0 Å². The Labute approximate surface area is 103 Å². The van der Waals surface area contributed by atoms with E-state index in [-0.39, 0.29) is 6.29 Å². The van der Waals surface area contributed by atoms with Crippen LogP contribution in [0.2, 0.25) is 0 Å². The van der Waals surface area contributed by atoms with E-state index >= 15 is 0 Å². The fourth-order valence-corrected chi connectivity index (χ4v) is 1.64. The standard InChI is InChI=1S/C13H23NO3/c1-4-15-13(16-5-2)10-14-11(3)9-12-7-6-8-17-12/h6-8,11,13-14H,4-5,9-10H2,1-3H3. The summed E-state index contributed by atoms with van der Waals surface area (Å²) in [4.78, 5) is 0. The second-order valence-corrected chi connectivity index (χ2v) is 3.93. The lowest BCUT2D eigenvalue weighted by molar-refractivity contribution is -0.133. The Morgan fingerprint density at radius 3 is 2.53 bits per heavy atom. The highest BCUT2D eigenvalue weighted by Crippen LogP contribution is 2.04. The molecule has 0 bridgehead atoms. The molecule has 1 heterocycles. The van der Waals surface area contributed by atoms with E-state index in [1.807, 2.05) is 26.0 Å². The summed E-state index contributed by atoms with van der Waals surface area (Å²) in [6.45, 7) is 8.09. The molecule has 0 saturated carbocycles. The first-order chi connectivity index (χ1) is 8.26. The van der Waals surface area contributed by atoms with Crippen LogP contribution in [0.25, 0.3) is 0 Å². The third-order valence-electron chi connectivity index (χ3n) is 2.43. The normalized spacial score (nSPS) is 13.2. The molecule has 0 amide bonds. The van der Waals surface area contributed by atoms with Crippen LogP contribution in [0.15, 0.2) is 22.8 Å². The Kier molecular flexibility index (Phi) is 6.93. The highest BCUT2D eigenvalue weighted by molar-refractivity contribution is 4.99. The molecule has 0 radical (unpaired) electrons. The zero-order valence-corrected chi connectivity index (χ0v) is 10.9. The second kappa shape index (κ2) is 8.28. The zero-order chi connectivity index (χ0) is 12.5. The summed E-state index contributed by atoms with van der Waals surface area (Å²) in [5, 5.41) is 3.38. The summed E-state index contributed by atoms with van der Waals surface area (Å²) in [6, 6.07) is 4.23. The summed E-state index contributed by atoms with van der Waals surface area (Å²) in [5.74, 6) is 0.995. The van der Waals surface area contributed by atoms with Gasteiger partial charge in [0, 0.05) is 32.2 Å². The van der Waals surface area contributed by atoms with E-state index in [1.54, 1.807) is 6.26 Å². The first-order valence-electron chi connectivity index (χ1n) is 6.25. The maximum absolute atomic E-state index is 5.46. The minimum Gasteiger partial charge on any atom is -0.469 e. The van der Waals surface area contributed by atoms with Crippen molar-refractivity contribution in [3.05, 3.63) is 24.2 Å². The molecule has 0 aliphatic rings. The van der Waals surface area contributed by atoms with Crippen molar-refractivity contribution in [1.29, 1.82) is 0 Å². The Morgan fingerprint density at radius 2 is 2.00 bits per heavy atom. The largest absolute Gasteiger partial charge is 0.469 e. The lowest BCUT2D eigenvalue weighted by Crippen LogP contribution is -2.37. The fraction of sp³-hybridized carbons (Fsp3) is 0.692. The van der Waals surface area contributed by atoms with E-state index in [0.717, 1.165) is 12.2 Å². The lowest BCUT2D eigenvalue weighted by atomic mass is 10.2.